The van der Waals surface area contributed by atoms with Crippen molar-refractivity contribution in [1.82, 2.24) is 9.97 Å². The third-order valence-corrected chi connectivity index (χ3v) is 2.42. The Morgan fingerprint density at radius 3 is 2.28 bits per heavy atom. The lowest BCUT2D eigenvalue weighted by Gasteiger charge is -2.02. The summed E-state index contributed by atoms with van der Waals surface area (Å²) in [4.78, 5) is 13.6. The Bertz CT molecular complexity index is 544. The second-order valence-corrected chi connectivity index (χ2v) is 4.07. The van der Waals surface area contributed by atoms with E-state index in [1.807, 2.05) is 57.2 Å². The number of oxime groups is 1. The second-order valence-electron chi connectivity index (χ2n) is 4.07. The van der Waals surface area contributed by atoms with Gasteiger partial charge in [-0.2, -0.15) is 9.97 Å². The van der Waals surface area contributed by atoms with Crippen molar-refractivity contribution in [3.63, 3.8) is 0 Å². The van der Waals surface area contributed by atoms with Gasteiger partial charge in [0, 0.05) is 11.4 Å². The highest BCUT2D eigenvalue weighted by Crippen LogP contribution is 2.07. The molecule has 0 N–H and O–H groups in total. The van der Waals surface area contributed by atoms with Gasteiger partial charge in [-0.15, -0.1) is 0 Å². The SMILES string of the molecule is C/C(=N/Oc1nc(C)cc(C)n1)c1ccccc1. The summed E-state index contributed by atoms with van der Waals surface area (Å²) in [6, 6.07) is 12.0. The minimum absolute atomic E-state index is 0.280. The Kier molecular flexibility index (Phi) is 3.67. The molecular weight excluding hydrogens is 226 g/mol. The van der Waals surface area contributed by atoms with Gasteiger partial charge in [-0.1, -0.05) is 35.5 Å². The molecule has 1 aromatic carbocycles. The van der Waals surface area contributed by atoms with E-state index in [9.17, 15) is 0 Å². The zero-order chi connectivity index (χ0) is 13.0. The zero-order valence-electron chi connectivity index (χ0n) is 10.7. The lowest BCUT2D eigenvalue weighted by atomic mass is 10.1. The molecule has 0 atom stereocenters. The molecule has 0 aliphatic carbocycles. The maximum Gasteiger partial charge on any atom is 0.346 e. The highest BCUT2D eigenvalue weighted by Gasteiger charge is 2.01. The second kappa shape index (κ2) is 5.40. The van der Waals surface area contributed by atoms with E-state index >= 15 is 0 Å². The predicted molar refractivity (Wildman–Crippen MR) is 70.8 cm³/mol. The fraction of sp³-hybridized carbons (Fsp3) is 0.214. The summed E-state index contributed by atoms with van der Waals surface area (Å²) < 4.78 is 0. The summed E-state index contributed by atoms with van der Waals surface area (Å²) in [5, 5.41) is 4.04. The van der Waals surface area contributed by atoms with Gasteiger partial charge in [-0.05, 0) is 32.4 Å². The minimum Gasteiger partial charge on any atom is -0.315 e. The van der Waals surface area contributed by atoms with Crippen LogP contribution in [0.2, 0.25) is 0 Å². The monoisotopic (exact) mass is 241 g/mol. The molecule has 0 unspecified atom stereocenters. The molecular formula is C14H15N3O. The van der Waals surface area contributed by atoms with Crippen molar-refractivity contribution in [2.45, 2.75) is 20.8 Å². The molecule has 1 aromatic heterocycles. The summed E-state index contributed by atoms with van der Waals surface area (Å²) in [6.07, 6.45) is 0. The molecule has 0 amide bonds. The van der Waals surface area contributed by atoms with E-state index in [0.29, 0.717) is 0 Å². The number of aromatic nitrogens is 2. The standard InChI is InChI=1S/C14H15N3O/c1-10-9-11(2)16-14(15-10)18-17-12(3)13-7-5-4-6-8-13/h4-9H,1-3H3/b17-12-. The van der Waals surface area contributed by atoms with Crippen molar-refractivity contribution < 1.29 is 4.84 Å². The van der Waals surface area contributed by atoms with Crippen LogP contribution in [0.3, 0.4) is 0 Å². The molecule has 4 nitrogen and oxygen atoms in total. The normalized spacial score (nSPS) is 11.4. The van der Waals surface area contributed by atoms with Gasteiger partial charge in [0.05, 0.1) is 5.71 Å². The van der Waals surface area contributed by atoms with Crippen molar-refractivity contribution in [2.75, 3.05) is 0 Å². The van der Waals surface area contributed by atoms with Crippen LogP contribution >= 0.6 is 0 Å². The molecule has 0 aliphatic heterocycles. The van der Waals surface area contributed by atoms with Gasteiger partial charge in [-0.3, -0.25) is 0 Å². The first-order chi connectivity index (χ1) is 8.65. The summed E-state index contributed by atoms with van der Waals surface area (Å²) in [5.74, 6) is 0. The van der Waals surface area contributed by atoms with Crippen LogP contribution in [-0.2, 0) is 0 Å². The molecule has 0 fully saturated rings. The van der Waals surface area contributed by atoms with E-state index in [1.54, 1.807) is 0 Å². The summed E-state index contributed by atoms with van der Waals surface area (Å²) in [5.41, 5.74) is 3.54. The predicted octanol–water partition coefficient (Wildman–Crippen LogP) is 2.90. The van der Waals surface area contributed by atoms with E-state index < -0.39 is 0 Å². The molecule has 2 aromatic rings. The number of nitrogens with zero attached hydrogens (tertiary/aromatic N) is 3. The molecule has 92 valence electrons. The molecule has 0 spiro atoms. The summed E-state index contributed by atoms with van der Waals surface area (Å²) in [7, 11) is 0. The lowest BCUT2D eigenvalue weighted by molar-refractivity contribution is 0.311. The van der Waals surface area contributed by atoms with Gasteiger partial charge >= 0.3 is 6.01 Å². The average molecular weight is 241 g/mol. The van der Waals surface area contributed by atoms with Crippen LogP contribution in [0.5, 0.6) is 6.01 Å². The van der Waals surface area contributed by atoms with Crippen LogP contribution in [0.4, 0.5) is 0 Å². The van der Waals surface area contributed by atoms with Crippen LogP contribution in [0, 0.1) is 13.8 Å². The third-order valence-electron chi connectivity index (χ3n) is 2.42. The highest BCUT2D eigenvalue weighted by molar-refractivity contribution is 5.98. The van der Waals surface area contributed by atoms with Crippen LogP contribution in [-0.4, -0.2) is 15.7 Å². The van der Waals surface area contributed by atoms with E-state index in [2.05, 4.69) is 15.1 Å². The van der Waals surface area contributed by atoms with Crippen molar-refractivity contribution in [1.29, 1.82) is 0 Å². The molecule has 0 saturated heterocycles. The number of benzene rings is 1. The largest absolute Gasteiger partial charge is 0.346 e. The molecule has 1 heterocycles. The van der Waals surface area contributed by atoms with Gasteiger partial charge in [0.25, 0.3) is 0 Å². The van der Waals surface area contributed by atoms with E-state index in [0.717, 1.165) is 22.7 Å². The molecule has 0 aliphatic rings. The van der Waals surface area contributed by atoms with Crippen molar-refractivity contribution in [2.24, 2.45) is 5.16 Å². The first-order valence-corrected chi connectivity index (χ1v) is 5.74. The van der Waals surface area contributed by atoms with Crippen LogP contribution in [0.1, 0.15) is 23.9 Å². The fourth-order valence-electron chi connectivity index (χ4n) is 1.58. The minimum atomic E-state index is 0.280. The van der Waals surface area contributed by atoms with Gasteiger partial charge in [-0.25, -0.2) is 0 Å². The Morgan fingerprint density at radius 2 is 1.67 bits per heavy atom. The third kappa shape index (κ3) is 3.13. The topological polar surface area (TPSA) is 47.4 Å². The van der Waals surface area contributed by atoms with Gasteiger partial charge in [0.15, 0.2) is 0 Å². The van der Waals surface area contributed by atoms with Crippen molar-refractivity contribution in [3.8, 4) is 6.01 Å². The average Bonchev–Trinajstić information content (AvgIpc) is 2.36. The van der Waals surface area contributed by atoms with Crippen LogP contribution in [0.25, 0.3) is 0 Å². The molecule has 4 heteroatoms. The Balaban J connectivity index is 2.15. The van der Waals surface area contributed by atoms with Crippen molar-refractivity contribution >= 4 is 5.71 Å². The maximum atomic E-state index is 5.25. The zero-order valence-corrected chi connectivity index (χ0v) is 10.7. The van der Waals surface area contributed by atoms with E-state index in [-0.39, 0.29) is 6.01 Å². The molecule has 18 heavy (non-hydrogen) atoms. The summed E-state index contributed by atoms with van der Waals surface area (Å²) in [6.45, 7) is 5.68. The smallest absolute Gasteiger partial charge is 0.315 e. The summed E-state index contributed by atoms with van der Waals surface area (Å²) >= 11 is 0. The van der Waals surface area contributed by atoms with E-state index in [1.165, 1.54) is 0 Å². The van der Waals surface area contributed by atoms with Crippen LogP contribution in [0.15, 0.2) is 41.6 Å². The van der Waals surface area contributed by atoms with Gasteiger partial charge in [0.2, 0.25) is 0 Å². The molecule has 0 saturated carbocycles. The number of hydrogen-bond donors (Lipinski definition) is 0. The quantitative estimate of drug-likeness (QED) is 0.613. The molecule has 0 bridgehead atoms. The first kappa shape index (κ1) is 12.2. The lowest BCUT2D eigenvalue weighted by Crippen LogP contribution is -2.00. The maximum absolute atomic E-state index is 5.25. The van der Waals surface area contributed by atoms with E-state index in [4.69, 9.17) is 4.84 Å². The molecule has 2 rings (SSSR count). The highest BCUT2D eigenvalue weighted by atomic mass is 16.6. The van der Waals surface area contributed by atoms with Gasteiger partial charge < -0.3 is 4.84 Å². The Hall–Kier alpha value is -2.23. The fourth-order valence-corrected chi connectivity index (χ4v) is 1.58. The molecule has 0 radical (unpaired) electrons. The Morgan fingerprint density at radius 1 is 1.06 bits per heavy atom. The Labute approximate surface area is 106 Å². The first-order valence-electron chi connectivity index (χ1n) is 5.74. The van der Waals surface area contributed by atoms with Crippen molar-refractivity contribution in [3.05, 3.63) is 53.3 Å². The van der Waals surface area contributed by atoms with Crippen LogP contribution < -0.4 is 4.84 Å². The number of aryl methyl sites for hydroxylation is 2. The number of hydrogen-bond acceptors (Lipinski definition) is 4. The number of rotatable bonds is 3. The van der Waals surface area contributed by atoms with Gasteiger partial charge in [0.1, 0.15) is 0 Å².